The molecule has 9 nitrogen and oxygen atoms in total. The first kappa shape index (κ1) is 54.0. The Hall–Kier alpha value is -2.03. The van der Waals surface area contributed by atoms with E-state index in [1.54, 1.807) is 6.08 Å². The van der Waals surface area contributed by atoms with Crippen LogP contribution >= 0.6 is 7.82 Å². The number of nitrogens with zero attached hydrogens (tertiary/aromatic N) is 1. The molecule has 0 fully saturated rings. The van der Waals surface area contributed by atoms with Gasteiger partial charge in [0.1, 0.15) is 19.8 Å². The molecular weight excluding hydrogens is 725 g/mol. The van der Waals surface area contributed by atoms with Crippen molar-refractivity contribution < 1.29 is 42.1 Å². The topological polar surface area (TPSA) is 108 Å². The van der Waals surface area contributed by atoms with E-state index in [2.05, 4.69) is 38.2 Å². The normalized spacial score (nSPS) is 14.0. The number of esters is 2. The third kappa shape index (κ3) is 41.6. The van der Waals surface area contributed by atoms with E-state index < -0.39 is 32.5 Å². The molecule has 0 rings (SSSR count). The van der Waals surface area contributed by atoms with Crippen LogP contribution in [0.25, 0.3) is 0 Å². The number of hydrogen-bond donors (Lipinski definition) is 1. The predicted octanol–water partition coefficient (Wildman–Crippen LogP) is 12.7. The number of allylic oxidation sites excluding steroid dienone is 7. The van der Waals surface area contributed by atoms with E-state index in [9.17, 15) is 19.0 Å². The van der Waals surface area contributed by atoms with E-state index in [0.29, 0.717) is 17.4 Å². The monoisotopic (exact) mass is 811 g/mol. The van der Waals surface area contributed by atoms with Crippen molar-refractivity contribution in [2.24, 2.45) is 0 Å². The van der Waals surface area contributed by atoms with Gasteiger partial charge in [-0.05, 0) is 51.4 Å². The van der Waals surface area contributed by atoms with Gasteiger partial charge in [0.2, 0.25) is 0 Å². The number of likely N-dealkylation sites (N-methyl/N-ethyl adjacent to an activating group) is 1. The summed E-state index contributed by atoms with van der Waals surface area (Å²) in [7, 11) is 1.42. The summed E-state index contributed by atoms with van der Waals surface area (Å²) in [6, 6.07) is 0. The number of phosphoric acid groups is 1. The second-order valence-electron chi connectivity index (χ2n) is 16.2. The Balaban J connectivity index is 4.46. The molecule has 2 atom stereocenters. The molecule has 1 unspecified atom stereocenters. The summed E-state index contributed by atoms with van der Waals surface area (Å²) < 4.78 is 34.1. The Labute approximate surface area is 343 Å². The molecule has 56 heavy (non-hydrogen) atoms. The summed E-state index contributed by atoms with van der Waals surface area (Å²) >= 11 is 0. The molecule has 0 aliphatic heterocycles. The number of hydrogen-bond acceptors (Lipinski definition) is 7. The summed E-state index contributed by atoms with van der Waals surface area (Å²) in [5.41, 5.74) is 0. The smallest absolute Gasteiger partial charge is 0.458 e. The van der Waals surface area contributed by atoms with Crippen LogP contribution in [0.3, 0.4) is 0 Å². The van der Waals surface area contributed by atoms with Gasteiger partial charge in [-0.25, -0.2) is 9.36 Å². The lowest BCUT2D eigenvalue weighted by Crippen LogP contribution is -2.37. The number of carbonyl (C=O) groups excluding carboxylic acids is 2. The molecule has 326 valence electrons. The van der Waals surface area contributed by atoms with Crippen LogP contribution in [0.1, 0.15) is 181 Å². The zero-order chi connectivity index (χ0) is 41.4. The molecule has 10 heteroatoms. The van der Waals surface area contributed by atoms with Gasteiger partial charge in [-0.3, -0.25) is 13.8 Å². The standard InChI is InChI=1S/C46H84NO8P/c1-6-8-10-12-14-16-18-20-22-23-25-27-29-31-33-35-37-39-46(49)55-44(43-54-56(50,51)53-41-40-47(3,4)5)42-52-45(48)38-36-34-32-30-28-26-24-21-19-17-15-13-11-9-7-2/h14,16,20,22,32,34,36,38,44H,6-13,15,17-19,21,23-31,33,35,37,39-43H2,1-5H3/p+1/b16-14+,22-20+,34-32+,38-36+/t44-/m1/s1. The first-order chi connectivity index (χ1) is 27.0. The van der Waals surface area contributed by atoms with Crippen molar-refractivity contribution in [1.82, 2.24) is 0 Å². The van der Waals surface area contributed by atoms with E-state index in [1.165, 1.54) is 115 Å². The quantitative estimate of drug-likeness (QED) is 0.0124. The van der Waals surface area contributed by atoms with Gasteiger partial charge in [-0.2, -0.15) is 0 Å². The number of unbranched alkanes of at least 4 members (excludes halogenated alkanes) is 21. The molecular formula is C46H85NO8P+. The second-order valence-corrected chi connectivity index (χ2v) is 17.6. The zero-order valence-electron chi connectivity index (χ0n) is 36.6. The second kappa shape index (κ2) is 38.5. The van der Waals surface area contributed by atoms with Gasteiger partial charge in [-0.1, -0.05) is 166 Å². The van der Waals surface area contributed by atoms with Gasteiger partial charge in [0, 0.05) is 12.5 Å². The molecule has 0 spiro atoms. The van der Waals surface area contributed by atoms with Crippen LogP contribution in [0.15, 0.2) is 48.6 Å². The van der Waals surface area contributed by atoms with Gasteiger partial charge >= 0.3 is 19.8 Å². The van der Waals surface area contributed by atoms with Crippen molar-refractivity contribution >= 4 is 19.8 Å². The minimum atomic E-state index is -4.40. The average Bonchev–Trinajstić information content (AvgIpc) is 3.15. The molecule has 0 heterocycles. The Morgan fingerprint density at radius 2 is 1.09 bits per heavy atom. The van der Waals surface area contributed by atoms with Gasteiger partial charge < -0.3 is 18.9 Å². The molecule has 0 aromatic carbocycles. The number of carbonyl (C=O) groups is 2. The minimum Gasteiger partial charge on any atom is -0.458 e. The van der Waals surface area contributed by atoms with Gasteiger partial charge in [0.05, 0.1) is 27.7 Å². The lowest BCUT2D eigenvalue weighted by atomic mass is 10.1. The summed E-state index contributed by atoms with van der Waals surface area (Å²) in [5.74, 6) is -1.06. The SMILES string of the molecule is CCCCC/C=C/C/C=C/CCCCCCCCCC(=O)O[C@H](COC(=O)/C=C/C=C/CCCCCCCCCCCCC)COP(=O)(O)OCC[N+](C)(C)C. The van der Waals surface area contributed by atoms with E-state index in [1.807, 2.05) is 33.3 Å². The first-order valence-electron chi connectivity index (χ1n) is 22.4. The molecule has 0 amide bonds. The summed E-state index contributed by atoms with van der Waals surface area (Å²) in [4.78, 5) is 35.2. The van der Waals surface area contributed by atoms with Crippen molar-refractivity contribution in [3.8, 4) is 0 Å². The molecule has 1 N–H and O–H groups in total. The maximum atomic E-state index is 12.7. The summed E-state index contributed by atoms with van der Waals surface area (Å²) in [6.07, 6.45) is 45.0. The number of quaternary nitrogens is 1. The summed E-state index contributed by atoms with van der Waals surface area (Å²) in [5, 5.41) is 0. The molecule has 0 aromatic heterocycles. The highest BCUT2D eigenvalue weighted by Gasteiger charge is 2.26. The van der Waals surface area contributed by atoms with Crippen LogP contribution in [0.2, 0.25) is 0 Å². The van der Waals surface area contributed by atoms with Gasteiger partial charge in [-0.15, -0.1) is 0 Å². The lowest BCUT2D eigenvalue weighted by Gasteiger charge is -2.24. The van der Waals surface area contributed by atoms with Crippen molar-refractivity contribution in [3.63, 3.8) is 0 Å². The number of ether oxygens (including phenoxy) is 2. The predicted molar refractivity (Wildman–Crippen MR) is 233 cm³/mol. The van der Waals surface area contributed by atoms with Crippen molar-refractivity contribution in [3.05, 3.63) is 48.6 Å². The lowest BCUT2D eigenvalue weighted by molar-refractivity contribution is -0.870. The molecule has 0 saturated heterocycles. The Morgan fingerprint density at radius 1 is 0.607 bits per heavy atom. The van der Waals surface area contributed by atoms with Crippen LogP contribution in [0.4, 0.5) is 0 Å². The molecule has 0 saturated carbocycles. The third-order valence-electron chi connectivity index (χ3n) is 9.44. The molecule has 0 aliphatic rings. The Kier molecular flexibility index (Phi) is 37.1. The third-order valence-corrected chi connectivity index (χ3v) is 10.4. The summed E-state index contributed by atoms with van der Waals surface area (Å²) in [6.45, 7) is 4.26. The average molecular weight is 811 g/mol. The van der Waals surface area contributed by atoms with E-state index in [0.717, 1.165) is 44.9 Å². The molecule has 0 bridgehead atoms. The fourth-order valence-corrected chi connectivity index (χ4v) is 6.64. The maximum absolute atomic E-state index is 12.7. The number of rotatable bonds is 40. The van der Waals surface area contributed by atoms with Crippen LogP contribution < -0.4 is 0 Å². The first-order valence-corrected chi connectivity index (χ1v) is 23.9. The highest BCUT2D eigenvalue weighted by atomic mass is 31.2. The largest absolute Gasteiger partial charge is 0.472 e. The minimum absolute atomic E-state index is 0.0163. The van der Waals surface area contributed by atoms with Crippen LogP contribution in [0.5, 0.6) is 0 Å². The fourth-order valence-electron chi connectivity index (χ4n) is 5.90. The Morgan fingerprint density at radius 3 is 1.64 bits per heavy atom. The zero-order valence-corrected chi connectivity index (χ0v) is 37.5. The molecule has 0 aromatic rings. The number of phosphoric ester groups is 1. The van der Waals surface area contributed by atoms with Crippen molar-refractivity contribution in [2.45, 2.75) is 187 Å². The highest BCUT2D eigenvalue weighted by molar-refractivity contribution is 7.47. The van der Waals surface area contributed by atoms with Crippen molar-refractivity contribution in [2.75, 3.05) is 47.5 Å². The Bertz CT molecular complexity index is 1100. The van der Waals surface area contributed by atoms with Crippen LogP contribution in [0, 0.1) is 0 Å². The van der Waals surface area contributed by atoms with E-state index in [-0.39, 0.29) is 19.6 Å². The van der Waals surface area contributed by atoms with Gasteiger partial charge in [0.25, 0.3) is 0 Å². The van der Waals surface area contributed by atoms with Crippen LogP contribution in [-0.2, 0) is 32.7 Å². The highest BCUT2D eigenvalue weighted by Crippen LogP contribution is 2.43. The van der Waals surface area contributed by atoms with E-state index >= 15 is 0 Å². The fraction of sp³-hybridized carbons (Fsp3) is 0.783. The molecule has 0 radical (unpaired) electrons. The molecule has 0 aliphatic carbocycles. The van der Waals surface area contributed by atoms with E-state index in [4.69, 9.17) is 18.5 Å². The van der Waals surface area contributed by atoms with Crippen LogP contribution in [-0.4, -0.2) is 74.9 Å². The van der Waals surface area contributed by atoms with Gasteiger partial charge in [0.15, 0.2) is 6.10 Å². The van der Waals surface area contributed by atoms with Crippen molar-refractivity contribution in [1.29, 1.82) is 0 Å². The maximum Gasteiger partial charge on any atom is 0.472 e.